The molecule has 0 aromatic carbocycles. The zero-order valence-corrected chi connectivity index (χ0v) is 75.0. The number of aliphatic hydroxyl groups is 2. The van der Waals surface area contributed by atoms with E-state index in [4.69, 9.17) is 53.1 Å². The predicted octanol–water partition coefficient (Wildman–Crippen LogP) is 16.0. The lowest BCUT2D eigenvalue weighted by Gasteiger charge is -2.41. The highest BCUT2D eigenvalue weighted by Crippen LogP contribution is 2.44. The molecule has 0 spiro atoms. The molecule has 0 unspecified atom stereocenters. The Morgan fingerprint density at radius 3 is 1.15 bits per heavy atom. The molecule has 3 aliphatic carbocycles. The van der Waals surface area contributed by atoms with Crippen molar-refractivity contribution < 1.29 is 101 Å². The number of amides is 3. The fourth-order valence-corrected chi connectivity index (χ4v) is 20.3. The van der Waals surface area contributed by atoms with Crippen LogP contribution in [0.3, 0.4) is 0 Å². The first-order valence-corrected chi connectivity index (χ1v) is 43.6. The number of thiophene rings is 5. The molecule has 606 valence electrons. The summed E-state index contributed by atoms with van der Waals surface area (Å²) in [6.07, 6.45) is 11.2. The number of nitrogens with two attached hydrogens (primary N) is 1. The molecule has 6 fully saturated rings. The number of halogens is 5. The smallest absolute Gasteiger partial charge is 0.350 e. The van der Waals surface area contributed by atoms with Crippen LogP contribution in [0.2, 0.25) is 0 Å². The third kappa shape index (κ3) is 26.0. The van der Waals surface area contributed by atoms with Crippen molar-refractivity contribution >= 4 is 212 Å². The van der Waals surface area contributed by atoms with Crippen LogP contribution in [-0.2, 0) is 66.5 Å². The van der Waals surface area contributed by atoms with Gasteiger partial charge in [0.1, 0.15) is 31.2 Å². The van der Waals surface area contributed by atoms with E-state index < -0.39 is 41.5 Å². The average Bonchev–Trinajstić information content (AvgIpc) is 1.73. The fourth-order valence-electron chi connectivity index (χ4n) is 12.9. The van der Waals surface area contributed by atoms with Gasteiger partial charge in [-0.1, -0.05) is 20.8 Å². The molecule has 5 N–H and O–H groups in total. The van der Waals surface area contributed by atoms with Gasteiger partial charge < -0.3 is 88.1 Å². The number of nitrogen functional groups attached to an aromatic ring is 1. The number of carbonyl (C=O) groups excluding carboxylic acids is 8. The van der Waals surface area contributed by atoms with E-state index in [0.29, 0.717) is 103 Å². The van der Waals surface area contributed by atoms with E-state index >= 15 is 0 Å². The van der Waals surface area contributed by atoms with E-state index in [2.05, 4.69) is 110 Å². The van der Waals surface area contributed by atoms with Crippen LogP contribution in [0.4, 0.5) is 28.4 Å². The summed E-state index contributed by atoms with van der Waals surface area (Å²) in [5.74, 6) is -1.79. The lowest BCUT2D eigenvalue weighted by atomic mass is 9.82. The summed E-state index contributed by atoms with van der Waals surface area (Å²) >= 11 is 23.1. The molecule has 6 aliphatic rings. The Morgan fingerprint density at radius 1 is 0.459 bits per heavy atom. The van der Waals surface area contributed by atoms with Crippen molar-refractivity contribution in [2.24, 2.45) is 35.5 Å². The lowest BCUT2D eigenvalue weighted by molar-refractivity contribution is -0.250. The predicted molar refractivity (Wildman–Crippen MR) is 439 cm³/mol. The molecule has 26 nitrogen and oxygen atoms in total. The first-order chi connectivity index (χ1) is 51.7. The Kier molecular flexibility index (Phi) is 36.8. The first-order valence-electron chi connectivity index (χ1n) is 35.5. The summed E-state index contributed by atoms with van der Waals surface area (Å²) in [4.78, 5) is 106. The third-order valence-corrected chi connectivity index (χ3v) is 27.2. The molecule has 3 saturated heterocycles. The molecular formula is C73H98Br5N5O21S5. The van der Waals surface area contributed by atoms with Gasteiger partial charge in [-0.3, -0.25) is 14.4 Å². The molecular weight excluding hydrogens is 1840 g/mol. The minimum atomic E-state index is -0.795. The molecule has 0 radical (unpaired) electrons. The number of ether oxygens (including phenoxy) is 11. The summed E-state index contributed by atoms with van der Waals surface area (Å²) in [5.41, 5.74) is 8.22. The Hall–Kier alpha value is -4.06. The van der Waals surface area contributed by atoms with Crippen LogP contribution < -0.4 is 25.8 Å². The molecule has 3 saturated carbocycles. The molecule has 36 heteroatoms. The van der Waals surface area contributed by atoms with Crippen LogP contribution >= 0.6 is 136 Å². The van der Waals surface area contributed by atoms with Crippen LogP contribution in [0.15, 0.2) is 49.3 Å². The second-order valence-electron chi connectivity index (χ2n) is 27.9. The maximum atomic E-state index is 13.6. The van der Waals surface area contributed by atoms with E-state index in [1.165, 1.54) is 85.8 Å². The number of aliphatic hydroxyl groups excluding tert-OH is 2. The fraction of sp³-hybridized carbons (Fsp3) is 0.616. The van der Waals surface area contributed by atoms with Gasteiger partial charge in [-0.15, -0.1) is 56.7 Å². The number of carbonyl (C=O) groups is 8. The van der Waals surface area contributed by atoms with Gasteiger partial charge in [0, 0.05) is 17.8 Å². The summed E-state index contributed by atoms with van der Waals surface area (Å²) < 4.78 is 61.5. The lowest BCUT2D eigenvalue weighted by Crippen LogP contribution is -2.54. The van der Waals surface area contributed by atoms with Gasteiger partial charge in [0.2, 0.25) is 17.7 Å². The van der Waals surface area contributed by atoms with Crippen LogP contribution in [0.25, 0.3) is 0 Å². The standard InChI is InChI=1S/C20H28BrNO5S.C18H24BrNO5S.C17H24BrNO5S.C12H16BrNO4S.C6H6BrNO2S/c1-12-5-7-13(8-6-12)18(23)22(14-10-26-20(2,3)27-11-14)15-9-16(21)28-17(15)19(24)25-4;1-11-3-5-12(6-4-11)17(21)20(13-8-24-10-25-9-13)14-7-15(19)26-16(14)18(22)23-2;1-10-3-5-11(6-4-10)16(22)19(12(8-20)9-21)13-7-14(18)25-15(13)17(23)24-2;1-12(2)17-5-7(6-18-12)14-8-4-9(13)19-10(8)11(15)16-3;1-10-6(9)5-3(8)2-4(7)11-5/h9,12-14H,5-8,10-11H2,1-4H3;7,11-13H,3-6,8-10H2,1-2H3;7,10-12,20-21H,3-6,8-9H2,1-2H3;4,7,14H,5-6H2,1-3H3;2H,8H2,1H3. The van der Waals surface area contributed by atoms with Crippen molar-refractivity contribution in [2.75, 3.05) is 121 Å². The molecule has 109 heavy (non-hydrogen) atoms. The molecule has 3 aliphatic heterocycles. The van der Waals surface area contributed by atoms with E-state index in [9.17, 15) is 48.6 Å². The monoisotopic (exact) mass is 1940 g/mol. The van der Waals surface area contributed by atoms with Crippen molar-refractivity contribution in [3.05, 3.63) is 73.6 Å². The Bertz CT molecular complexity index is 3830. The van der Waals surface area contributed by atoms with Crippen molar-refractivity contribution in [1.82, 2.24) is 0 Å². The minimum absolute atomic E-state index is 0.0120. The average molecular weight is 1940 g/mol. The van der Waals surface area contributed by atoms with Gasteiger partial charge in [-0.05, 0) is 232 Å². The van der Waals surface area contributed by atoms with Crippen LogP contribution in [0, 0.1) is 35.5 Å². The third-order valence-electron chi connectivity index (χ3n) is 19.1. The number of hydrogen-bond acceptors (Lipinski definition) is 28. The summed E-state index contributed by atoms with van der Waals surface area (Å²) in [6.45, 7) is 16.1. The zero-order valence-electron chi connectivity index (χ0n) is 63.0. The molecule has 0 bridgehead atoms. The second-order valence-corrected chi connectivity index (χ2v) is 40.1. The number of nitrogens with zero attached hydrogens (tertiary/aromatic N) is 3. The van der Waals surface area contributed by atoms with Gasteiger partial charge >= 0.3 is 29.8 Å². The first kappa shape index (κ1) is 92.1. The molecule has 5 aromatic heterocycles. The van der Waals surface area contributed by atoms with Gasteiger partial charge in [-0.2, -0.15) is 0 Å². The Morgan fingerprint density at radius 2 is 0.771 bits per heavy atom. The normalized spacial score (nSPS) is 21.3. The van der Waals surface area contributed by atoms with E-state index in [1.54, 1.807) is 21.9 Å². The highest BCUT2D eigenvalue weighted by Gasteiger charge is 2.42. The number of methoxy groups -OCH3 is 5. The minimum Gasteiger partial charge on any atom is -0.465 e. The quantitative estimate of drug-likeness (QED) is 0.0468. The van der Waals surface area contributed by atoms with Gasteiger partial charge in [-0.25, -0.2) is 24.0 Å². The maximum absolute atomic E-state index is 13.6. The van der Waals surface area contributed by atoms with Crippen molar-refractivity contribution in [2.45, 2.75) is 161 Å². The van der Waals surface area contributed by atoms with Crippen LogP contribution in [-0.4, -0.2) is 189 Å². The summed E-state index contributed by atoms with van der Waals surface area (Å²) in [6, 6.07) is 7.51. The molecule has 3 amide bonds. The highest BCUT2D eigenvalue weighted by atomic mass is 79.9. The molecule has 0 atom stereocenters. The van der Waals surface area contributed by atoms with E-state index in [0.717, 1.165) is 109 Å². The summed E-state index contributed by atoms with van der Waals surface area (Å²) in [5, 5.41) is 22.6. The van der Waals surface area contributed by atoms with Gasteiger partial charge in [0.25, 0.3) is 0 Å². The number of hydrogen-bond donors (Lipinski definition) is 4. The number of nitrogens with one attached hydrogen (secondary N) is 1. The van der Waals surface area contributed by atoms with Crippen LogP contribution in [0.1, 0.15) is 174 Å². The van der Waals surface area contributed by atoms with Crippen molar-refractivity contribution in [1.29, 1.82) is 0 Å². The van der Waals surface area contributed by atoms with Crippen molar-refractivity contribution in [3.8, 4) is 0 Å². The Balaban J connectivity index is 0.000000194. The highest BCUT2D eigenvalue weighted by molar-refractivity contribution is 9.12. The maximum Gasteiger partial charge on any atom is 0.350 e. The zero-order chi connectivity index (χ0) is 80.2. The topological polar surface area (TPSA) is 326 Å². The number of rotatable bonds is 18. The van der Waals surface area contributed by atoms with Crippen LogP contribution in [0.5, 0.6) is 0 Å². The Labute approximate surface area is 698 Å². The van der Waals surface area contributed by atoms with Gasteiger partial charge in [0.15, 0.2) is 11.6 Å². The van der Waals surface area contributed by atoms with Gasteiger partial charge in [0.05, 0.1) is 160 Å². The van der Waals surface area contributed by atoms with Crippen molar-refractivity contribution in [3.63, 3.8) is 0 Å². The molecule has 8 heterocycles. The molecule has 5 aromatic rings. The molecule has 11 rings (SSSR count). The second kappa shape index (κ2) is 43.6. The van der Waals surface area contributed by atoms with E-state index in [-0.39, 0.29) is 84.5 Å². The number of esters is 5. The number of anilines is 5. The largest absolute Gasteiger partial charge is 0.465 e. The van der Waals surface area contributed by atoms with E-state index in [1.807, 2.05) is 45.9 Å². The summed E-state index contributed by atoms with van der Waals surface area (Å²) in [7, 11) is 6.68. The SMILES string of the molecule is COC(=O)c1sc(Br)cc1N.COC(=O)c1sc(Br)cc1N(C(=O)C1CCC(C)CC1)C(CO)CO.COC(=O)c1sc(Br)cc1N(C(=O)C1CCC(C)CC1)C1COC(C)(C)OC1.COC(=O)c1sc(Br)cc1N(C(=O)C1CCC(C)CC1)C1COCOC1.COC(=O)c1sc(Br)cc1NC1COC(C)(C)OC1.